The van der Waals surface area contributed by atoms with Gasteiger partial charge in [-0.25, -0.2) is 12.7 Å². The Hall–Kier alpha value is -3.82. The fraction of sp³-hybridized carbons (Fsp3) is 0.660. The minimum absolute atomic E-state index is 0.00950. The number of rotatable bonds is 33. The first kappa shape index (κ1) is 69.4. The first-order valence-electron chi connectivity index (χ1n) is 26.6. The number of nitrogens with zero attached hydrogens (tertiary/aromatic N) is 4. The highest BCUT2D eigenvalue weighted by molar-refractivity contribution is 14.1. The van der Waals surface area contributed by atoms with Crippen molar-refractivity contribution in [1.82, 2.24) is 33.8 Å². The average Bonchev–Trinajstić information content (AvgIpc) is 3.86. The first-order valence-corrected chi connectivity index (χ1v) is 32.3. The van der Waals surface area contributed by atoms with Crippen molar-refractivity contribution in [3.05, 3.63) is 52.5 Å². The van der Waals surface area contributed by atoms with E-state index in [2.05, 4.69) is 55.7 Å². The smallest absolute Gasteiger partial charge is 0.481 e. The van der Waals surface area contributed by atoms with Gasteiger partial charge in [0.25, 0.3) is 5.91 Å². The number of hydrogen-bond acceptors (Lipinski definition) is 16. The lowest BCUT2D eigenvalue weighted by Gasteiger charge is -2.38. The number of ether oxygens (including phenoxy) is 1. The van der Waals surface area contributed by atoms with E-state index in [0.717, 1.165) is 30.7 Å². The molecule has 26 heteroatoms. The van der Waals surface area contributed by atoms with Crippen LogP contribution in [-0.2, 0) is 44.5 Å². The summed E-state index contributed by atoms with van der Waals surface area (Å²) in [7, 11) is 3.49. The number of thiazole rings is 1. The summed E-state index contributed by atoms with van der Waals surface area (Å²) in [5.41, 5.74) is -0.327. The van der Waals surface area contributed by atoms with Gasteiger partial charge in [0.2, 0.25) is 23.6 Å². The summed E-state index contributed by atoms with van der Waals surface area (Å²) >= 11 is 3.17. The number of carboxylic acids is 1. The number of benzene rings is 1. The quantitative estimate of drug-likeness (QED) is 0.00515. The lowest BCUT2D eigenvalue weighted by Crippen LogP contribution is -2.58. The molecule has 0 spiro atoms. The number of carbonyl (C=O) groups is 7. The number of carboxylic acid groups (broad SMARTS) is 1. The van der Waals surface area contributed by atoms with Gasteiger partial charge in [0.05, 0.1) is 17.6 Å². The van der Waals surface area contributed by atoms with Gasteiger partial charge < -0.3 is 40.5 Å². The van der Waals surface area contributed by atoms with Crippen molar-refractivity contribution in [2.24, 2.45) is 17.8 Å². The number of phosphoric ester groups is 1. The van der Waals surface area contributed by atoms with Gasteiger partial charge in [-0.1, -0.05) is 87.8 Å². The third kappa shape index (κ3) is 23.2. The molecule has 5 amide bonds. The number of likely N-dealkylation sites (N-methyl/N-ethyl adjacent to an activating group) is 3. The molecule has 2 unspecified atom stereocenters. The van der Waals surface area contributed by atoms with Gasteiger partial charge in [-0.3, -0.25) is 48.2 Å². The van der Waals surface area contributed by atoms with Gasteiger partial charge in [0, 0.05) is 84.1 Å². The number of aliphatic carboxylic acids is 1. The predicted molar refractivity (Wildman–Crippen MR) is 320 cm³/mol. The Morgan fingerprint density at radius 3 is 2.30 bits per heavy atom. The Bertz CT molecular complexity index is 2460. The van der Waals surface area contributed by atoms with Crippen LogP contribution in [0, 0.1) is 17.8 Å². The summed E-state index contributed by atoms with van der Waals surface area (Å²) in [6.07, 6.45) is 5.43. The van der Waals surface area contributed by atoms with Gasteiger partial charge >= 0.3 is 19.8 Å². The van der Waals surface area contributed by atoms with E-state index in [9.17, 15) is 53.0 Å². The fourth-order valence-corrected chi connectivity index (χ4v) is 13.0. The number of halogens is 1. The van der Waals surface area contributed by atoms with E-state index in [1.165, 1.54) is 37.4 Å². The van der Waals surface area contributed by atoms with Crippen LogP contribution < -0.4 is 25.8 Å². The number of phosphoric acid groups is 1. The molecule has 21 nitrogen and oxygen atoms in total. The van der Waals surface area contributed by atoms with E-state index in [1.54, 1.807) is 39.6 Å². The molecule has 3 rings (SSSR count). The highest BCUT2D eigenvalue weighted by Crippen LogP contribution is 2.42. The zero-order valence-corrected chi connectivity index (χ0v) is 53.2. The second kappa shape index (κ2) is 32.1. The van der Waals surface area contributed by atoms with Crippen molar-refractivity contribution in [3.8, 4) is 5.75 Å². The number of esters is 1. The molecule has 1 aromatic heterocycles. The molecule has 1 saturated heterocycles. The molecule has 0 saturated carbocycles. The third-order valence-corrected chi connectivity index (χ3v) is 19.8. The summed E-state index contributed by atoms with van der Waals surface area (Å²) in [5.74, 6) is -4.42. The van der Waals surface area contributed by atoms with Crippen molar-refractivity contribution in [1.29, 1.82) is 0 Å². The molecule has 79 heavy (non-hydrogen) atoms. The second-order valence-electron chi connectivity index (χ2n) is 21.5. The number of aromatic nitrogens is 1. The summed E-state index contributed by atoms with van der Waals surface area (Å²) in [4.78, 5) is 120. The first-order chi connectivity index (χ1) is 36.8. The number of hydrogen-bond donors (Lipinski definition) is 7. The Morgan fingerprint density at radius 2 is 1.72 bits per heavy atom. The number of piperidine rings is 1. The van der Waals surface area contributed by atoms with E-state index in [-0.39, 0.29) is 88.2 Å². The summed E-state index contributed by atoms with van der Waals surface area (Å²) in [6, 6.07) is 1.71. The third-order valence-electron chi connectivity index (χ3n) is 14.0. The molecule has 0 bridgehead atoms. The van der Waals surface area contributed by atoms with Crippen molar-refractivity contribution in [2.45, 2.75) is 174 Å². The van der Waals surface area contributed by atoms with Crippen LogP contribution in [0.15, 0.2) is 36.2 Å². The van der Waals surface area contributed by atoms with Crippen LogP contribution in [0.3, 0.4) is 0 Å². The molecular formula is C53H84IN8O13PS3. The van der Waals surface area contributed by atoms with Crippen LogP contribution in [0.1, 0.15) is 154 Å². The molecular weight excluding hydrogens is 1210 g/mol. The van der Waals surface area contributed by atoms with Gasteiger partial charge in [0.15, 0.2) is 11.9 Å². The summed E-state index contributed by atoms with van der Waals surface area (Å²) < 4.78 is 24.3. The second-order valence-corrected chi connectivity index (χ2v) is 28.1. The number of nitrogens with one attached hydrogen (secondary N) is 4. The van der Waals surface area contributed by atoms with Crippen molar-refractivity contribution >= 4 is 111 Å². The Labute approximate surface area is 492 Å². The zero-order chi connectivity index (χ0) is 59.6. The van der Waals surface area contributed by atoms with Crippen molar-refractivity contribution in [2.75, 3.05) is 38.8 Å². The van der Waals surface area contributed by atoms with E-state index >= 15 is 0 Å². The minimum atomic E-state index is -5.09. The maximum absolute atomic E-state index is 14.4. The molecule has 444 valence electrons. The highest BCUT2D eigenvalue weighted by atomic mass is 127. The van der Waals surface area contributed by atoms with Gasteiger partial charge in [-0.05, 0) is 109 Å². The lowest BCUT2D eigenvalue weighted by atomic mass is 9.92. The SMILES string of the molecule is C=CC(C)(NC(=O)CCC(C)(C)SSCCCC(=O)Nc1cc(C[C@@H](CC(C)C(=O)O)NC(=O)c2csc([C@@H](C[C@H](C(C)C)N(C)C(=O)[C@@H](NC(=O)[C@H]3CCCCN3C)[C@@H](C)CC)OC(C)=O)n2)ccc1OP(=O)(O)O)N(C)I. The van der Waals surface area contributed by atoms with E-state index in [1.807, 2.05) is 70.6 Å². The van der Waals surface area contributed by atoms with Crippen molar-refractivity contribution < 1.29 is 62.3 Å². The number of anilines is 1. The molecule has 1 aliphatic heterocycles. The van der Waals surface area contributed by atoms with E-state index < -0.39 is 67.4 Å². The highest BCUT2D eigenvalue weighted by Gasteiger charge is 2.38. The predicted octanol–water partition coefficient (Wildman–Crippen LogP) is 8.52. The molecule has 0 radical (unpaired) electrons. The average molecular weight is 1300 g/mol. The Balaban J connectivity index is 1.78. The van der Waals surface area contributed by atoms with Crippen LogP contribution in [0.2, 0.25) is 0 Å². The summed E-state index contributed by atoms with van der Waals surface area (Å²) in [5, 5.41) is 23.3. The normalized spacial score (nSPS) is 17.3. The molecule has 2 aromatic rings. The molecule has 1 aliphatic rings. The van der Waals surface area contributed by atoms with Gasteiger partial charge in [-0.15, -0.1) is 11.3 Å². The number of likely N-dealkylation sites (tertiary alicyclic amines) is 1. The van der Waals surface area contributed by atoms with Crippen LogP contribution in [0.25, 0.3) is 0 Å². The van der Waals surface area contributed by atoms with E-state index in [4.69, 9.17) is 9.26 Å². The van der Waals surface area contributed by atoms with Crippen LogP contribution in [0.4, 0.5) is 5.69 Å². The number of amides is 5. The van der Waals surface area contributed by atoms with Crippen molar-refractivity contribution in [3.63, 3.8) is 0 Å². The monoisotopic (exact) mass is 1290 g/mol. The minimum Gasteiger partial charge on any atom is -0.481 e. The maximum Gasteiger partial charge on any atom is 0.524 e. The Kier molecular flexibility index (Phi) is 28.3. The molecule has 7 N–H and O–H groups in total. The molecule has 1 fully saturated rings. The lowest BCUT2D eigenvalue weighted by molar-refractivity contribution is -0.149. The topological polar surface area (TPSA) is 286 Å². The van der Waals surface area contributed by atoms with Crippen LogP contribution >= 0.6 is 63.6 Å². The maximum atomic E-state index is 14.4. The number of carbonyl (C=O) groups excluding carboxylic acids is 6. The Morgan fingerprint density at radius 1 is 1.04 bits per heavy atom. The zero-order valence-electron chi connectivity index (χ0n) is 47.7. The molecule has 0 aliphatic carbocycles. The van der Waals surface area contributed by atoms with Crippen LogP contribution in [-0.4, -0.2) is 142 Å². The van der Waals surface area contributed by atoms with Crippen LogP contribution in [0.5, 0.6) is 5.75 Å². The molecule has 2 heterocycles. The van der Waals surface area contributed by atoms with Gasteiger partial charge in [0.1, 0.15) is 22.4 Å². The fourth-order valence-electron chi connectivity index (χ4n) is 8.79. The molecule has 1 aromatic carbocycles. The molecule has 8 atom stereocenters. The summed E-state index contributed by atoms with van der Waals surface area (Å²) in [6.45, 7) is 21.0. The van der Waals surface area contributed by atoms with E-state index in [0.29, 0.717) is 43.4 Å². The van der Waals surface area contributed by atoms with Gasteiger partial charge in [-0.2, -0.15) is 0 Å². The largest absolute Gasteiger partial charge is 0.524 e. The standard InChI is InChI=1S/C53H84IN8O13PS3/c1-14-33(5)46(58-48(67)40-19-16-17-25-60(40)11)50(68)61(12)41(32(3)4)30-43(74-35(7)63)49-57-39(31-77-49)47(66)55-37(27-34(6)51(69)70)28-36-21-22-42(75-76(71,72)73)38(29-36)56-44(64)20-18-26-78-79-52(8,9)24-23-45(65)59-53(10,15-2)62(13)54/h15,21-22,29,31-34,37,40-41,43,46H,2,14,16-20,23-28,30H2,1,3-13H3,(H,55,66)(H,56,64)(H,58,67)(H,59,65)(H,69,70)(H2,71,72,73)/t33-,34?,37+,40+,41+,43+,46-,53?/m0/s1.